The molecule has 0 spiro atoms. The van der Waals surface area contributed by atoms with Crippen molar-refractivity contribution in [1.82, 2.24) is 9.88 Å². The van der Waals surface area contributed by atoms with Gasteiger partial charge in [-0.2, -0.15) is 0 Å². The number of likely N-dealkylation sites (tertiary alicyclic amines) is 1. The summed E-state index contributed by atoms with van der Waals surface area (Å²) < 4.78 is 17.4. The summed E-state index contributed by atoms with van der Waals surface area (Å²) in [7, 11) is 3.35. The van der Waals surface area contributed by atoms with Gasteiger partial charge in [0, 0.05) is 49.1 Å². The zero-order valence-electron chi connectivity index (χ0n) is 23.4. The van der Waals surface area contributed by atoms with Gasteiger partial charge in [-0.1, -0.05) is 12.5 Å². The van der Waals surface area contributed by atoms with E-state index in [4.69, 9.17) is 19.2 Å². The van der Waals surface area contributed by atoms with Gasteiger partial charge in [0.1, 0.15) is 23.4 Å². The van der Waals surface area contributed by atoms with E-state index in [-0.39, 0.29) is 6.10 Å². The summed E-state index contributed by atoms with van der Waals surface area (Å²) in [6.07, 6.45) is 10.6. The number of pyridine rings is 1. The minimum Gasteiger partial charge on any atom is -0.496 e. The maximum atomic E-state index is 12.4. The predicted octanol–water partition coefficient (Wildman–Crippen LogP) is 5.04. The Bertz CT molecular complexity index is 1120. The van der Waals surface area contributed by atoms with Gasteiger partial charge in [-0.05, 0) is 81.4 Å². The third-order valence-electron chi connectivity index (χ3n) is 8.27. The largest absolute Gasteiger partial charge is 0.496 e. The number of fused-ring (bicyclic) bond motifs is 1. The van der Waals surface area contributed by atoms with Crippen molar-refractivity contribution in [2.24, 2.45) is 5.92 Å². The van der Waals surface area contributed by atoms with Gasteiger partial charge in [0.2, 0.25) is 0 Å². The first-order chi connectivity index (χ1) is 19.1. The van der Waals surface area contributed by atoms with E-state index in [1.54, 1.807) is 14.2 Å². The summed E-state index contributed by atoms with van der Waals surface area (Å²) in [5, 5.41) is 13.6. The van der Waals surface area contributed by atoms with E-state index in [0.29, 0.717) is 25.4 Å². The van der Waals surface area contributed by atoms with Gasteiger partial charge in [0.05, 0.1) is 20.3 Å². The summed E-state index contributed by atoms with van der Waals surface area (Å²) in [6.45, 7) is 2.99. The summed E-state index contributed by atoms with van der Waals surface area (Å²) in [4.78, 5) is 19.3. The first-order valence-electron chi connectivity index (χ1n) is 14.6. The third-order valence-corrected chi connectivity index (χ3v) is 8.27. The number of nitrogens with zero attached hydrogens (tertiary/aromatic N) is 2. The van der Waals surface area contributed by atoms with Crippen molar-refractivity contribution in [2.45, 2.75) is 76.4 Å². The van der Waals surface area contributed by atoms with Crippen LogP contribution in [0.2, 0.25) is 0 Å². The van der Waals surface area contributed by atoms with Crippen LogP contribution >= 0.6 is 0 Å². The highest BCUT2D eigenvalue weighted by atomic mass is 16.5. The van der Waals surface area contributed by atoms with E-state index in [2.05, 4.69) is 17.4 Å². The maximum Gasteiger partial charge on any atom is 0.325 e. The molecule has 0 bridgehead atoms. The number of carbonyl (C=O) groups is 1. The van der Waals surface area contributed by atoms with Crippen LogP contribution in [-0.2, 0) is 28.8 Å². The second-order valence-electron chi connectivity index (χ2n) is 11.2. The topological polar surface area (TPSA) is 93.2 Å². The zero-order valence-corrected chi connectivity index (χ0v) is 23.4. The Labute approximate surface area is 232 Å². The molecule has 2 fully saturated rings. The number of hydrogen-bond donors (Lipinski definition) is 2. The Morgan fingerprint density at radius 3 is 2.74 bits per heavy atom. The quantitative estimate of drug-likeness (QED) is 0.324. The van der Waals surface area contributed by atoms with Crippen LogP contribution < -0.4 is 14.8 Å². The second kappa shape index (κ2) is 13.0. The molecule has 0 amide bonds. The van der Waals surface area contributed by atoms with E-state index in [1.807, 2.05) is 17.0 Å². The number of benzene rings is 1. The Morgan fingerprint density at radius 1 is 1.13 bits per heavy atom. The van der Waals surface area contributed by atoms with Gasteiger partial charge in [0.25, 0.3) is 0 Å². The van der Waals surface area contributed by atoms with Crippen molar-refractivity contribution in [3.8, 4) is 11.5 Å². The molecule has 3 heterocycles. The number of carboxylic acid groups (broad SMARTS) is 1. The Morgan fingerprint density at radius 2 is 1.97 bits per heavy atom. The van der Waals surface area contributed by atoms with Crippen LogP contribution in [0.15, 0.2) is 24.3 Å². The fourth-order valence-corrected chi connectivity index (χ4v) is 5.99. The highest BCUT2D eigenvalue weighted by Crippen LogP contribution is 2.37. The molecule has 8 nitrogen and oxygen atoms in total. The van der Waals surface area contributed by atoms with Crippen LogP contribution in [0.1, 0.15) is 73.4 Å². The van der Waals surface area contributed by atoms with Crippen LogP contribution in [0.25, 0.3) is 0 Å². The smallest absolute Gasteiger partial charge is 0.325 e. The van der Waals surface area contributed by atoms with Crippen molar-refractivity contribution in [3.63, 3.8) is 0 Å². The molecule has 2 aromatic rings. The first kappa shape index (κ1) is 27.7. The van der Waals surface area contributed by atoms with Gasteiger partial charge in [-0.25, -0.2) is 4.98 Å². The molecule has 3 aliphatic rings. The van der Waals surface area contributed by atoms with Crippen LogP contribution in [-0.4, -0.2) is 67.5 Å². The number of aliphatic carboxylic acids is 1. The number of unbranched alkanes of at least 4 members (excludes halogenated alkanes) is 2. The Hall–Kier alpha value is -2.84. The van der Waals surface area contributed by atoms with Gasteiger partial charge in [0.15, 0.2) is 0 Å². The molecule has 2 N–H and O–H groups in total. The number of anilines is 1. The molecule has 1 aromatic carbocycles. The number of ether oxygens (including phenoxy) is 3. The van der Waals surface area contributed by atoms with Crippen LogP contribution in [0, 0.1) is 5.92 Å². The first-order valence-corrected chi connectivity index (χ1v) is 14.6. The molecule has 1 saturated carbocycles. The van der Waals surface area contributed by atoms with Gasteiger partial charge in [-0.3, -0.25) is 9.69 Å². The average Bonchev–Trinajstić information content (AvgIpc) is 3.65. The summed E-state index contributed by atoms with van der Waals surface area (Å²) in [5.41, 5.74) is 4.23. The average molecular weight is 538 g/mol. The maximum absolute atomic E-state index is 12.4. The van der Waals surface area contributed by atoms with Crippen LogP contribution in [0.3, 0.4) is 0 Å². The van der Waals surface area contributed by atoms with E-state index in [1.165, 1.54) is 24.0 Å². The highest BCUT2D eigenvalue weighted by Gasteiger charge is 2.36. The van der Waals surface area contributed by atoms with Crippen molar-refractivity contribution in [2.75, 3.05) is 45.8 Å². The lowest BCUT2D eigenvalue weighted by molar-refractivity contribution is -0.143. The molecule has 212 valence electrons. The second-order valence-corrected chi connectivity index (χ2v) is 11.2. The number of aromatic nitrogens is 1. The molecule has 2 atom stereocenters. The molecule has 1 aromatic heterocycles. The Kier molecular flexibility index (Phi) is 9.24. The lowest BCUT2D eigenvalue weighted by Gasteiger charge is -2.26. The molecule has 39 heavy (non-hydrogen) atoms. The van der Waals surface area contributed by atoms with E-state index in [0.717, 1.165) is 86.7 Å². The zero-order chi connectivity index (χ0) is 27.2. The van der Waals surface area contributed by atoms with Crippen molar-refractivity contribution < 1.29 is 24.1 Å². The minimum absolute atomic E-state index is 0.0603. The van der Waals surface area contributed by atoms with Crippen molar-refractivity contribution in [3.05, 3.63) is 46.6 Å². The van der Waals surface area contributed by atoms with E-state index >= 15 is 0 Å². The summed E-state index contributed by atoms with van der Waals surface area (Å²) in [6, 6.07) is 7.42. The number of aryl methyl sites for hydroxylation is 1. The monoisotopic (exact) mass is 537 g/mol. The molecule has 5 rings (SSSR count). The minimum atomic E-state index is -0.833. The third kappa shape index (κ3) is 7.03. The molecule has 1 aliphatic carbocycles. The number of hydrogen-bond acceptors (Lipinski definition) is 7. The van der Waals surface area contributed by atoms with Gasteiger partial charge < -0.3 is 24.6 Å². The fraction of sp³-hybridized carbons (Fsp3) is 0.613. The molecule has 0 radical (unpaired) electrons. The molecule has 0 unspecified atom stereocenters. The molecule has 8 heteroatoms. The number of rotatable bonds is 14. The molecule has 1 saturated heterocycles. The normalized spacial score (nSPS) is 19.8. The molecule has 2 aliphatic heterocycles. The van der Waals surface area contributed by atoms with Crippen LogP contribution in [0.5, 0.6) is 11.5 Å². The number of methoxy groups -OCH3 is 2. The van der Waals surface area contributed by atoms with E-state index < -0.39 is 12.0 Å². The van der Waals surface area contributed by atoms with Crippen LogP contribution in [0.4, 0.5) is 5.82 Å². The van der Waals surface area contributed by atoms with Gasteiger partial charge in [-0.15, -0.1) is 0 Å². The fourth-order valence-electron chi connectivity index (χ4n) is 5.99. The lowest BCUT2D eigenvalue weighted by Crippen LogP contribution is -2.34. The standard InChI is InChI=1S/C31H43N3O5/c1-37-27-12-11-22(17-21-9-10-21)18-26(27)29(31(35)36)34-15-13-24(20-34)39-16-5-3-4-7-23-19-28(38-2)25-8-6-14-32-30(25)33-23/h11-12,18-19,21,24,29H,3-10,13-17,20H2,1-2H3,(H,32,33)(H,35,36)/t24-,29-/m1/s1. The van der Waals surface area contributed by atoms with Gasteiger partial charge >= 0.3 is 5.97 Å². The lowest BCUT2D eigenvalue weighted by atomic mass is 9.99. The molecular weight excluding hydrogens is 494 g/mol. The highest BCUT2D eigenvalue weighted by molar-refractivity contribution is 5.77. The van der Waals surface area contributed by atoms with Crippen molar-refractivity contribution in [1.29, 1.82) is 0 Å². The summed E-state index contributed by atoms with van der Waals surface area (Å²) in [5.74, 6) is 2.49. The Balaban J connectivity index is 1.08. The van der Waals surface area contributed by atoms with Crippen molar-refractivity contribution >= 4 is 11.8 Å². The van der Waals surface area contributed by atoms with E-state index in [9.17, 15) is 9.90 Å². The summed E-state index contributed by atoms with van der Waals surface area (Å²) >= 11 is 0. The number of nitrogens with one attached hydrogen (secondary N) is 1. The predicted molar refractivity (Wildman–Crippen MR) is 151 cm³/mol. The molecular formula is C31H43N3O5. The SMILES string of the molecule is COc1ccc(CC2CC2)cc1[C@H](C(=O)O)N1CC[C@@H](OCCCCCc2cc(OC)c3c(n2)NCCC3)C1. The number of carboxylic acids is 1.